The summed E-state index contributed by atoms with van der Waals surface area (Å²) in [4.78, 5) is 14.3. The number of rotatable bonds is 4. The maximum absolute atomic E-state index is 12.4. The van der Waals surface area contributed by atoms with Crippen molar-refractivity contribution in [3.63, 3.8) is 0 Å². The molecule has 1 amide bonds. The highest BCUT2D eigenvalue weighted by molar-refractivity contribution is 5.85. The zero-order valence-electron chi connectivity index (χ0n) is 12.9. The number of carbonyl (C=O) groups is 1. The third-order valence-corrected chi connectivity index (χ3v) is 3.96. The van der Waals surface area contributed by atoms with Crippen molar-refractivity contribution in [3.8, 4) is 5.75 Å². The van der Waals surface area contributed by atoms with Crippen molar-refractivity contribution in [2.24, 2.45) is 11.7 Å². The van der Waals surface area contributed by atoms with Crippen LogP contribution in [0.3, 0.4) is 0 Å². The first kappa shape index (κ1) is 17.8. The summed E-state index contributed by atoms with van der Waals surface area (Å²) in [6.07, 6.45) is 0.524. The second-order valence-corrected chi connectivity index (χ2v) is 5.75. The molecule has 0 spiro atoms. The first-order valence-corrected chi connectivity index (χ1v) is 7.25. The van der Waals surface area contributed by atoms with E-state index < -0.39 is 6.10 Å². The Hall–Kier alpha value is -1.26. The van der Waals surface area contributed by atoms with Gasteiger partial charge in [0.2, 0.25) is 0 Å². The minimum Gasteiger partial charge on any atom is -0.481 e. The number of carbonyl (C=O) groups excluding carboxylic acids is 1. The first-order chi connectivity index (χ1) is 9.51. The van der Waals surface area contributed by atoms with Gasteiger partial charge in [-0.15, -0.1) is 12.4 Å². The third-order valence-electron chi connectivity index (χ3n) is 3.96. The monoisotopic (exact) mass is 312 g/mol. The van der Waals surface area contributed by atoms with E-state index in [-0.39, 0.29) is 24.4 Å². The van der Waals surface area contributed by atoms with E-state index in [4.69, 9.17) is 10.5 Å². The average molecular weight is 313 g/mol. The van der Waals surface area contributed by atoms with Crippen LogP contribution in [0.4, 0.5) is 0 Å². The Morgan fingerprint density at radius 2 is 2.05 bits per heavy atom. The van der Waals surface area contributed by atoms with E-state index >= 15 is 0 Å². The predicted molar refractivity (Wildman–Crippen MR) is 86.9 cm³/mol. The zero-order valence-corrected chi connectivity index (χ0v) is 13.7. The van der Waals surface area contributed by atoms with Crippen LogP contribution in [-0.4, -0.2) is 36.0 Å². The fourth-order valence-corrected chi connectivity index (χ4v) is 2.73. The lowest BCUT2D eigenvalue weighted by molar-refractivity contribution is -0.138. The van der Waals surface area contributed by atoms with Crippen molar-refractivity contribution in [1.82, 2.24) is 4.90 Å². The van der Waals surface area contributed by atoms with Crippen molar-refractivity contribution in [3.05, 3.63) is 29.8 Å². The molecule has 1 aliphatic heterocycles. The number of benzene rings is 1. The molecule has 2 rings (SSSR count). The van der Waals surface area contributed by atoms with E-state index in [1.165, 1.54) is 5.56 Å². The van der Waals surface area contributed by atoms with Crippen molar-refractivity contribution in [2.45, 2.75) is 39.3 Å². The molecule has 1 saturated heterocycles. The van der Waals surface area contributed by atoms with Crippen LogP contribution in [0.1, 0.15) is 25.8 Å². The van der Waals surface area contributed by atoms with Crippen molar-refractivity contribution in [1.29, 1.82) is 0 Å². The second kappa shape index (κ2) is 7.66. The van der Waals surface area contributed by atoms with Gasteiger partial charge in [-0.25, -0.2) is 0 Å². The van der Waals surface area contributed by atoms with Gasteiger partial charge in [0, 0.05) is 12.6 Å². The fraction of sp³-hybridized carbons (Fsp3) is 0.562. The van der Waals surface area contributed by atoms with Crippen LogP contribution in [0.25, 0.3) is 0 Å². The van der Waals surface area contributed by atoms with E-state index in [1.54, 1.807) is 0 Å². The molecule has 5 heteroatoms. The summed E-state index contributed by atoms with van der Waals surface area (Å²) in [6.45, 7) is 7.30. The Labute approximate surface area is 133 Å². The van der Waals surface area contributed by atoms with E-state index in [1.807, 2.05) is 43.0 Å². The Morgan fingerprint density at radius 3 is 2.57 bits per heavy atom. The Morgan fingerprint density at radius 1 is 1.43 bits per heavy atom. The topological polar surface area (TPSA) is 55.6 Å². The second-order valence-electron chi connectivity index (χ2n) is 5.75. The molecule has 3 unspecified atom stereocenters. The summed E-state index contributed by atoms with van der Waals surface area (Å²) in [5, 5.41) is 0. The first-order valence-electron chi connectivity index (χ1n) is 7.25. The molecule has 0 saturated carbocycles. The van der Waals surface area contributed by atoms with Gasteiger partial charge >= 0.3 is 0 Å². The quantitative estimate of drug-likeness (QED) is 0.928. The molecule has 0 radical (unpaired) electrons. The molecule has 3 atom stereocenters. The molecular weight excluding hydrogens is 288 g/mol. The highest BCUT2D eigenvalue weighted by Gasteiger charge is 2.34. The molecule has 0 aromatic heterocycles. The molecule has 1 aromatic carbocycles. The third kappa shape index (κ3) is 4.35. The highest BCUT2D eigenvalue weighted by Crippen LogP contribution is 2.24. The smallest absolute Gasteiger partial charge is 0.263 e. The molecule has 4 nitrogen and oxygen atoms in total. The van der Waals surface area contributed by atoms with Gasteiger partial charge in [-0.2, -0.15) is 0 Å². The largest absolute Gasteiger partial charge is 0.481 e. The zero-order chi connectivity index (χ0) is 14.7. The maximum atomic E-state index is 12.4. The van der Waals surface area contributed by atoms with E-state index in [0.29, 0.717) is 12.5 Å². The van der Waals surface area contributed by atoms with Gasteiger partial charge < -0.3 is 15.4 Å². The number of hydrogen-bond acceptors (Lipinski definition) is 3. The average Bonchev–Trinajstić information content (AvgIpc) is 2.81. The van der Waals surface area contributed by atoms with Crippen LogP contribution in [0.2, 0.25) is 0 Å². The predicted octanol–water partition coefficient (Wildman–Crippen LogP) is 2.38. The number of hydrogen-bond donors (Lipinski definition) is 1. The number of halogens is 1. The molecule has 1 heterocycles. The lowest BCUT2D eigenvalue weighted by Crippen LogP contribution is -2.42. The van der Waals surface area contributed by atoms with Crippen LogP contribution in [0.15, 0.2) is 24.3 Å². The summed E-state index contributed by atoms with van der Waals surface area (Å²) >= 11 is 0. The molecule has 0 aliphatic carbocycles. The molecule has 21 heavy (non-hydrogen) atoms. The van der Waals surface area contributed by atoms with Crippen molar-refractivity contribution in [2.75, 3.05) is 13.1 Å². The van der Waals surface area contributed by atoms with E-state index in [9.17, 15) is 4.79 Å². The Kier molecular flexibility index (Phi) is 6.49. The number of aryl methyl sites for hydroxylation is 1. The minimum atomic E-state index is -0.461. The van der Waals surface area contributed by atoms with Gasteiger partial charge in [0.15, 0.2) is 6.10 Å². The summed E-state index contributed by atoms with van der Waals surface area (Å²) in [7, 11) is 0. The molecule has 1 aliphatic rings. The van der Waals surface area contributed by atoms with E-state index in [2.05, 4.69) is 6.92 Å². The van der Waals surface area contributed by atoms with Crippen LogP contribution >= 0.6 is 12.4 Å². The molecule has 2 N–H and O–H groups in total. The SMILES string of the molecule is Cc1ccc(OC(C)C(=O)N2CC(CN)CC2C)cc1.Cl. The van der Waals surface area contributed by atoms with Crippen molar-refractivity contribution >= 4 is 18.3 Å². The van der Waals surface area contributed by atoms with Crippen LogP contribution in [0, 0.1) is 12.8 Å². The molecule has 0 bridgehead atoms. The summed E-state index contributed by atoms with van der Waals surface area (Å²) in [6, 6.07) is 8.01. The number of nitrogens with zero attached hydrogens (tertiary/aromatic N) is 1. The van der Waals surface area contributed by atoms with Gasteiger partial charge in [-0.1, -0.05) is 17.7 Å². The number of ether oxygens (including phenoxy) is 1. The van der Waals surface area contributed by atoms with Crippen LogP contribution in [-0.2, 0) is 4.79 Å². The molecule has 1 aromatic rings. The minimum absolute atomic E-state index is 0. The molecule has 1 fully saturated rings. The highest BCUT2D eigenvalue weighted by atomic mass is 35.5. The van der Waals surface area contributed by atoms with Gasteiger partial charge in [-0.05, 0) is 51.8 Å². The summed E-state index contributed by atoms with van der Waals surface area (Å²) in [5.41, 5.74) is 6.88. The maximum Gasteiger partial charge on any atom is 0.263 e. The van der Waals surface area contributed by atoms with Crippen LogP contribution in [0.5, 0.6) is 5.75 Å². The Bertz CT molecular complexity index is 464. The lowest BCUT2D eigenvalue weighted by atomic mass is 10.1. The molecular formula is C16H25ClN2O2. The lowest BCUT2D eigenvalue weighted by Gasteiger charge is -2.25. The normalized spacial score (nSPS) is 22.6. The van der Waals surface area contributed by atoms with Crippen LogP contribution < -0.4 is 10.5 Å². The number of nitrogens with two attached hydrogens (primary N) is 1. The summed E-state index contributed by atoms with van der Waals surface area (Å²) < 4.78 is 5.74. The van der Waals surface area contributed by atoms with E-state index in [0.717, 1.165) is 18.7 Å². The van der Waals surface area contributed by atoms with Gasteiger partial charge in [0.1, 0.15) is 5.75 Å². The summed E-state index contributed by atoms with van der Waals surface area (Å²) in [5.74, 6) is 1.20. The van der Waals surface area contributed by atoms with Gasteiger partial charge in [0.25, 0.3) is 5.91 Å². The van der Waals surface area contributed by atoms with Crippen molar-refractivity contribution < 1.29 is 9.53 Å². The van der Waals surface area contributed by atoms with Gasteiger partial charge in [0.05, 0.1) is 0 Å². The molecule has 118 valence electrons. The number of amides is 1. The standard InChI is InChI=1S/C16H24N2O2.ClH/c1-11-4-6-15(7-5-11)20-13(3)16(19)18-10-14(9-17)8-12(18)2;/h4-7,12-14H,8-10,17H2,1-3H3;1H. The number of likely N-dealkylation sites (tertiary alicyclic amines) is 1. The van der Waals surface area contributed by atoms with Gasteiger partial charge in [-0.3, -0.25) is 4.79 Å². The Balaban J connectivity index is 0.00000220. The fourth-order valence-electron chi connectivity index (χ4n) is 2.73.